The summed E-state index contributed by atoms with van der Waals surface area (Å²) >= 11 is 0. The van der Waals surface area contributed by atoms with Crippen molar-refractivity contribution in [2.24, 2.45) is 10.8 Å². The lowest BCUT2D eigenvalue weighted by atomic mass is 9.90. The monoisotopic (exact) mass is 548 g/mol. The Hall–Kier alpha value is -3.22. The fourth-order valence-corrected chi connectivity index (χ4v) is 3.15. The maximum Gasteiger partial charge on any atom is 0.305 e. The van der Waals surface area contributed by atoms with Crippen molar-refractivity contribution in [1.82, 2.24) is 0 Å². The summed E-state index contributed by atoms with van der Waals surface area (Å²) in [7, 11) is 0. The van der Waals surface area contributed by atoms with Gasteiger partial charge in [-0.1, -0.05) is 20.8 Å². The van der Waals surface area contributed by atoms with E-state index in [4.69, 9.17) is 33.2 Å². The molecule has 0 spiro atoms. The van der Waals surface area contributed by atoms with Crippen LogP contribution in [0.15, 0.2) is 0 Å². The van der Waals surface area contributed by atoms with Gasteiger partial charge in [-0.2, -0.15) is 0 Å². The zero-order valence-corrected chi connectivity index (χ0v) is 22.4. The second kappa shape index (κ2) is 20.8. The molecule has 0 saturated heterocycles. The summed E-state index contributed by atoms with van der Waals surface area (Å²) in [6, 6.07) is 0. The third kappa shape index (κ3) is 15.1. The van der Waals surface area contributed by atoms with E-state index in [-0.39, 0.29) is 91.5 Å². The molecule has 0 aliphatic rings. The molecule has 0 amide bonds. The molecule has 13 heteroatoms. The van der Waals surface area contributed by atoms with E-state index in [0.29, 0.717) is 19.3 Å². The second-order valence-corrected chi connectivity index (χ2v) is 8.95. The Morgan fingerprint density at radius 1 is 0.500 bits per heavy atom. The second-order valence-electron chi connectivity index (χ2n) is 8.95. The highest BCUT2D eigenvalue weighted by Crippen LogP contribution is 2.25. The van der Waals surface area contributed by atoms with Crippen LogP contribution in [0.3, 0.4) is 0 Å². The van der Waals surface area contributed by atoms with Gasteiger partial charge in [-0.05, 0) is 19.3 Å². The quantitative estimate of drug-likeness (QED) is 0.0916. The molecule has 0 saturated carbocycles. The van der Waals surface area contributed by atoms with Crippen molar-refractivity contribution < 1.29 is 61.9 Å². The molecule has 0 aromatic rings. The van der Waals surface area contributed by atoms with Gasteiger partial charge in [0.25, 0.3) is 19.4 Å². The summed E-state index contributed by atoms with van der Waals surface area (Å²) in [5.74, 6) is -1.51. The highest BCUT2D eigenvalue weighted by Gasteiger charge is 2.39. The minimum absolute atomic E-state index is 0.151. The molecular weight excluding hydrogens is 508 g/mol. The Balaban J connectivity index is 5.84. The van der Waals surface area contributed by atoms with Gasteiger partial charge in [-0.25, -0.2) is 0 Å². The number of ether oxygens (including phenoxy) is 7. The normalized spacial score (nSPS) is 11.1. The Labute approximate surface area is 222 Å². The lowest BCUT2D eigenvalue weighted by molar-refractivity contribution is -0.169. The van der Waals surface area contributed by atoms with Gasteiger partial charge >= 0.3 is 17.9 Å². The first kappa shape index (κ1) is 34.8. The molecule has 0 fully saturated rings. The number of esters is 3. The van der Waals surface area contributed by atoms with E-state index < -0.39 is 28.7 Å². The van der Waals surface area contributed by atoms with Crippen LogP contribution < -0.4 is 0 Å². The smallest absolute Gasteiger partial charge is 0.305 e. The molecule has 0 aromatic carbocycles. The number of hydrogen-bond donors (Lipinski definition) is 0. The molecule has 0 heterocycles. The number of rotatable bonds is 25. The van der Waals surface area contributed by atoms with E-state index in [0.717, 1.165) is 0 Å². The van der Waals surface area contributed by atoms with Crippen molar-refractivity contribution in [2.75, 3.05) is 52.9 Å². The molecule has 0 aliphatic carbocycles. The zero-order chi connectivity index (χ0) is 28.7. The topological polar surface area (TPSA) is 167 Å². The predicted molar refractivity (Wildman–Crippen MR) is 129 cm³/mol. The molecule has 218 valence electrons. The Kier molecular flexibility index (Phi) is 19.0. The number of carbonyl (C=O) groups is 6. The highest BCUT2D eigenvalue weighted by atomic mass is 16.6. The van der Waals surface area contributed by atoms with Gasteiger partial charge in [0.05, 0.1) is 24.0 Å². The minimum atomic E-state index is -1.28. The standard InChI is InChI=1S/C25H40O13/c1-4-7-21(29)36-15-24(12-33-18-26,13-34-19-27)10-32-11-25(14-35-20-28,16-37-22(30)8-5-2)17-38-23(31)9-6-3/h18-20H,4-17H2,1-3H3. The molecule has 0 atom stereocenters. The van der Waals surface area contributed by atoms with Gasteiger partial charge in [-0.15, -0.1) is 0 Å². The van der Waals surface area contributed by atoms with E-state index in [9.17, 15) is 28.8 Å². The van der Waals surface area contributed by atoms with Crippen molar-refractivity contribution in [2.45, 2.75) is 59.3 Å². The van der Waals surface area contributed by atoms with Crippen LogP contribution in [0, 0.1) is 10.8 Å². The van der Waals surface area contributed by atoms with Gasteiger partial charge in [0, 0.05) is 19.3 Å². The first-order chi connectivity index (χ1) is 18.3. The molecule has 0 radical (unpaired) electrons. The third-order valence-electron chi connectivity index (χ3n) is 5.17. The van der Waals surface area contributed by atoms with Gasteiger partial charge in [0.1, 0.15) is 39.6 Å². The number of hydrogen-bond acceptors (Lipinski definition) is 13. The minimum Gasteiger partial charge on any atom is -0.467 e. The van der Waals surface area contributed by atoms with Crippen LogP contribution in [0.1, 0.15) is 59.3 Å². The Bertz CT molecular complexity index is 688. The molecule has 0 rings (SSSR count). The van der Waals surface area contributed by atoms with E-state index in [1.165, 1.54) is 0 Å². The fourth-order valence-electron chi connectivity index (χ4n) is 3.15. The lowest BCUT2D eigenvalue weighted by Crippen LogP contribution is -2.46. The summed E-state index contributed by atoms with van der Waals surface area (Å²) in [6.07, 6.45) is 2.10. The van der Waals surface area contributed by atoms with Gasteiger partial charge in [-0.3, -0.25) is 28.8 Å². The summed E-state index contributed by atoms with van der Waals surface area (Å²) in [4.78, 5) is 68.8. The molecule has 0 N–H and O–H groups in total. The fraction of sp³-hybridized carbons (Fsp3) is 0.760. The molecular formula is C25H40O13. The van der Waals surface area contributed by atoms with E-state index in [2.05, 4.69) is 0 Å². The largest absolute Gasteiger partial charge is 0.467 e. The van der Waals surface area contributed by atoms with Crippen LogP contribution in [0.4, 0.5) is 0 Å². The average molecular weight is 549 g/mol. The van der Waals surface area contributed by atoms with Gasteiger partial charge < -0.3 is 33.2 Å². The van der Waals surface area contributed by atoms with Crippen LogP contribution >= 0.6 is 0 Å². The predicted octanol–water partition coefficient (Wildman–Crippen LogP) is 1.52. The maximum absolute atomic E-state index is 12.0. The summed E-state index contributed by atoms with van der Waals surface area (Å²) in [5.41, 5.74) is -2.56. The van der Waals surface area contributed by atoms with Gasteiger partial charge in [0.2, 0.25) is 0 Å². The van der Waals surface area contributed by atoms with Crippen LogP contribution in [0.2, 0.25) is 0 Å². The van der Waals surface area contributed by atoms with Gasteiger partial charge in [0.15, 0.2) is 0 Å². The average Bonchev–Trinajstić information content (AvgIpc) is 2.90. The van der Waals surface area contributed by atoms with Crippen LogP contribution in [0.25, 0.3) is 0 Å². The van der Waals surface area contributed by atoms with Crippen LogP contribution in [0.5, 0.6) is 0 Å². The van der Waals surface area contributed by atoms with Crippen molar-refractivity contribution in [3.8, 4) is 0 Å². The lowest BCUT2D eigenvalue weighted by Gasteiger charge is -2.35. The first-order valence-corrected chi connectivity index (χ1v) is 12.5. The number of carbonyl (C=O) groups excluding carboxylic acids is 6. The molecule has 0 bridgehead atoms. The molecule has 0 unspecified atom stereocenters. The van der Waals surface area contributed by atoms with Crippen LogP contribution in [-0.4, -0.2) is 90.2 Å². The molecule has 38 heavy (non-hydrogen) atoms. The van der Waals surface area contributed by atoms with Crippen molar-refractivity contribution in [3.05, 3.63) is 0 Å². The Morgan fingerprint density at radius 2 is 0.789 bits per heavy atom. The zero-order valence-electron chi connectivity index (χ0n) is 22.4. The Morgan fingerprint density at radius 3 is 1.05 bits per heavy atom. The van der Waals surface area contributed by atoms with E-state index in [1.807, 2.05) is 0 Å². The SMILES string of the molecule is CCCC(=O)OCC(COC=O)(COC=O)COCC(COC=O)(COC(=O)CCC)COC(=O)CCC. The van der Waals surface area contributed by atoms with Crippen molar-refractivity contribution in [1.29, 1.82) is 0 Å². The summed E-state index contributed by atoms with van der Waals surface area (Å²) in [5, 5.41) is 0. The van der Waals surface area contributed by atoms with E-state index in [1.54, 1.807) is 20.8 Å². The maximum atomic E-state index is 12.0. The first-order valence-electron chi connectivity index (χ1n) is 12.5. The highest BCUT2D eigenvalue weighted by molar-refractivity contribution is 5.70. The summed E-state index contributed by atoms with van der Waals surface area (Å²) < 4.78 is 36.6. The molecule has 0 aliphatic heterocycles. The van der Waals surface area contributed by atoms with Crippen molar-refractivity contribution >= 4 is 37.3 Å². The molecule has 0 aromatic heterocycles. The summed E-state index contributed by atoms with van der Waals surface area (Å²) in [6.45, 7) is 3.59. The third-order valence-corrected chi connectivity index (χ3v) is 5.17. The van der Waals surface area contributed by atoms with E-state index >= 15 is 0 Å². The molecule has 13 nitrogen and oxygen atoms in total. The van der Waals surface area contributed by atoms with Crippen LogP contribution in [-0.2, 0) is 61.9 Å². The van der Waals surface area contributed by atoms with Crippen molar-refractivity contribution in [3.63, 3.8) is 0 Å².